The van der Waals surface area contributed by atoms with E-state index in [0.29, 0.717) is 0 Å². The number of carbonyl (C=O) groups is 2. The molecular formula is C16H10Cl2F6N2O3. The minimum atomic E-state index is -3.67. The smallest absolute Gasteiger partial charge is 0.379 e. The van der Waals surface area contributed by atoms with Gasteiger partial charge in [0.2, 0.25) is 6.86 Å². The maximum atomic E-state index is 13.5. The van der Waals surface area contributed by atoms with Crippen LogP contribution < -0.4 is 15.4 Å². The number of rotatable bonds is 4. The number of hydrogen-bond acceptors (Lipinski definition) is 3. The third-order valence-electron chi connectivity index (χ3n) is 2.87. The van der Waals surface area contributed by atoms with E-state index in [9.17, 15) is 35.9 Å². The molecule has 0 saturated carbocycles. The molecule has 29 heavy (non-hydrogen) atoms. The summed E-state index contributed by atoms with van der Waals surface area (Å²) >= 11 is 11.7. The first-order valence-corrected chi connectivity index (χ1v) is 7.98. The zero-order valence-corrected chi connectivity index (χ0v) is 15.4. The largest absolute Gasteiger partial charge is 0.460 e. The van der Waals surface area contributed by atoms with E-state index in [2.05, 4.69) is 10.1 Å². The van der Waals surface area contributed by atoms with Gasteiger partial charge in [-0.1, -0.05) is 29.3 Å². The molecule has 0 unspecified atom stereocenters. The molecule has 2 N–H and O–H groups in total. The van der Waals surface area contributed by atoms with Gasteiger partial charge in [-0.05, 0) is 24.3 Å². The maximum absolute atomic E-state index is 13.5. The highest BCUT2D eigenvalue weighted by atomic mass is 35.5. The molecule has 2 aromatic carbocycles. The second-order valence-electron chi connectivity index (χ2n) is 4.77. The van der Waals surface area contributed by atoms with Crippen molar-refractivity contribution >= 4 is 40.8 Å². The highest BCUT2D eigenvalue weighted by molar-refractivity contribution is 6.37. The Morgan fingerprint density at radius 3 is 1.97 bits per heavy atom. The third-order valence-corrected chi connectivity index (χ3v) is 3.43. The van der Waals surface area contributed by atoms with E-state index < -0.39 is 42.7 Å². The number of ether oxygens (including phenoxy) is 1. The second-order valence-corrected chi connectivity index (χ2v) is 5.59. The number of anilines is 1. The Hall–Kier alpha value is -2.66. The Morgan fingerprint density at radius 2 is 1.52 bits per heavy atom. The number of imide groups is 1. The number of halogens is 8. The van der Waals surface area contributed by atoms with Crippen molar-refractivity contribution in [2.45, 2.75) is 6.68 Å². The maximum Gasteiger partial charge on any atom is 0.379 e. The van der Waals surface area contributed by atoms with Crippen LogP contribution in [0.5, 0.6) is 5.75 Å². The van der Waals surface area contributed by atoms with Gasteiger partial charge in [-0.15, -0.1) is 0 Å². The molecule has 0 aliphatic carbocycles. The first kappa shape index (κ1) is 24.4. The van der Waals surface area contributed by atoms with Gasteiger partial charge >= 0.3 is 12.7 Å². The molecule has 0 aliphatic rings. The molecule has 2 aromatic rings. The average Bonchev–Trinajstić information content (AvgIpc) is 2.57. The molecule has 0 aromatic heterocycles. The van der Waals surface area contributed by atoms with Crippen LogP contribution in [-0.2, 0) is 0 Å². The molecule has 0 saturated heterocycles. The van der Waals surface area contributed by atoms with Crippen molar-refractivity contribution < 1.29 is 40.7 Å². The standard InChI is InChI=1S/C15H9Cl2F3N2O3.CHF3/c16-8-4-7(5-9(17)13(8)25-6-18)21-15(24)22-14(23)12-10(19)2-1-3-11(12)20;2-1(3)4/h1-5H,6H2,(H2,21,22,23,24);1H. The van der Waals surface area contributed by atoms with Gasteiger partial charge in [-0.25, -0.2) is 18.0 Å². The summed E-state index contributed by atoms with van der Waals surface area (Å²) in [5.41, 5.74) is -0.860. The Balaban J connectivity index is 0.000000960. The van der Waals surface area contributed by atoms with Gasteiger partial charge in [0.1, 0.15) is 17.2 Å². The van der Waals surface area contributed by atoms with Crippen LogP contribution in [0.1, 0.15) is 10.4 Å². The summed E-state index contributed by atoms with van der Waals surface area (Å²) in [6.07, 6.45) is 0. The molecule has 0 radical (unpaired) electrons. The van der Waals surface area contributed by atoms with Crippen LogP contribution in [0.2, 0.25) is 10.0 Å². The van der Waals surface area contributed by atoms with Gasteiger partial charge in [-0.3, -0.25) is 10.1 Å². The molecule has 5 nitrogen and oxygen atoms in total. The van der Waals surface area contributed by atoms with Crippen LogP contribution in [0.4, 0.5) is 36.8 Å². The van der Waals surface area contributed by atoms with Gasteiger partial charge in [0.25, 0.3) is 5.91 Å². The van der Waals surface area contributed by atoms with E-state index in [0.717, 1.165) is 18.2 Å². The van der Waals surface area contributed by atoms with Gasteiger partial charge in [0, 0.05) is 5.69 Å². The first-order valence-electron chi connectivity index (χ1n) is 7.23. The normalized spacial score (nSPS) is 10.1. The van der Waals surface area contributed by atoms with Crippen molar-refractivity contribution in [3.63, 3.8) is 0 Å². The number of amides is 3. The van der Waals surface area contributed by atoms with Crippen LogP contribution in [0.15, 0.2) is 30.3 Å². The van der Waals surface area contributed by atoms with Crippen molar-refractivity contribution in [1.29, 1.82) is 0 Å². The van der Waals surface area contributed by atoms with Crippen LogP contribution in [0.3, 0.4) is 0 Å². The molecule has 0 fully saturated rings. The molecule has 2 rings (SSSR count). The Morgan fingerprint density at radius 1 is 1.03 bits per heavy atom. The lowest BCUT2D eigenvalue weighted by Crippen LogP contribution is -2.35. The van der Waals surface area contributed by atoms with E-state index in [-0.39, 0.29) is 21.5 Å². The summed E-state index contributed by atoms with van der Waals surface area (Å²) in [7, 11) is 0. The fourth-order valence-electron chi connectivity index (χ4n) is 1.87. The monoisotopic (exact) mass is 462 g/mol. The Bertz CT molecular complexity index is 840. The summed E-state index contributed by atoms with van der Waals surface area (Å²) in [6, 6.07) is 4.11. The van der Waals surface area contributed by atoms with Crippen molar-refractivity contribution in [2.75, 3.05) is 12.2 Å². The van der Waals surface area contributed by atoms with E-state index in [4.69, 9.17) is 23.2 Å². The predicted octanol–water partition coefficient (Wildman–Crippen LogP) is 5.72. The fourth-order valence-corrected chi connectivity index (χ4v) is 2.46. The highest BCUT2D eigenvalue weighted by Crippen LogP contribution is 2.36. The van der Waals surface area contributed by atoms with Crippen molar-refractivity contribution in [1.82, 2.24) is 5.32 Å². The van der Waals surface area contributed by atoms with Crippen molar-refractivity contribution in [3.8, 4) is 5.75 Å². The number of urea groups is 1. The first-order chi connectivity index (χ1) is 13.6. The van der Waals surface area contributed by atoms with Gasteiger partial charge in [-0.2, -0.15) is 13.2 Å². The summed E-state index contributed by atoms with van der Waals surface area (Å²) < 4.78 is 72.8. The molecule has 3 amide bonds. The van der Waals surface area contributed by atoms with Gasteiger partial charge in [0.05, 0.1) is 10.0 Å². The zero-order chi connectivity index (χ0) is 22.1. The minimum Gasteiger partial charge on any atom is -0.460 e. The molecule has 0 bridgehead atoms. The van der Waals surface area contributed by atoms with E-state index in [1.165, 1.54) is 12.1 Å². The van der Waals surface area contributed by atoms with Crippen LogP contribution >= 0.6 is 23.2 Å². The number of carbonyl (C=O) groups excluding carboxylic acids is 2. The number of hydrogen-bond donors (Lipinski definition) is 2. The molecule has 0 atom stereocenters. The van der Waals surface area contributed by atoms with Crippen molar-refractivity contribution in [2.24, 2.45) is 0 Å². The van der Waals surface area contributed by atoms with E-state index >= 15 is 0 Å². The topological polar surface area (TPSA) is 67.4 Å². The average molecular weight is 463 g/mol. The third kappa shape index (κ3) is 7.70. The summed E-state index contributed by atoms with van der Waals surface area (Å²) in [5.74, 6) is -3.64. The fraction of sp³-hybridized carbons (Fsp3) is 0.125. The Labute approximate surface area is 169 Å². The molecule has 0 spiro atoms. The molecule has 13 heteroatoms. The lowest BCUT2D eigenvalue weighted by molar-refractivity contribution is 0.00818. The summed E-state index contributed by atoms with van der Waals surface area (Å²) in [4.78, 5) is 23.6. The second kappa shape index (κ2) is 11.4. The molecule has 158 valence electrons. The summed E-state index contributed by atoms with van der Waals surface area (Å²) in [6.45, 7) is -4.82. The quantitative estimate of drug-likeness (QED) is 0.571. The minimum absolute atomic E-state index is 0.0421. The zero-order valence-electron chi connectivity index (χ0n) is 13.9. The molecule has 0 heterocycles. The van der Waals surface area contributed by atoms with E-state index in [1.54, 1.807) is 5.32 Å². The number of benzene rings is 2. The molecule has 0 aliphatic heterocycles. The lowest BCUT2D eigenvalue weighted by atomic mass is 10.2. The highest BCUT2D eigenvalue weighted by Gasteiger charge is 2.19. The van der Waals surface area contributed by atoms with Gasteiger partial charge < -0.3 is 10.1 Å². The van der Waals surface area contributed by atoms with Crippen LogP contribution in [0, 0.1) is 11.6 Å². The summed E-state index contributed by atoms with van der Waals surface area (Å²) in [5, 5.41) is 3.78. The van der Waals surface area contributed by atoms with Crippen molar-refractivity contribution in [3.05, 3.63) is 57.6 Å². The predicted molar refractivity (Wildman–Crippen MR) is 93.0 cm³/mol. The number of nitrogens with one attached hydrogen (secondary N) is 2. The van der Waals surface area contributed by atoms with E-state index in [1.807, 2.05) is 0 Å². The Kier molecular flexibility index (Phi) is 9.56. The molecular weight excluding hydrogens is 453 g/mol. The lowest BCUT2D eigenvalue weighted by Gasteiger charge is -2.11. The SMILES string of the molecule is FC(F)F.O=C(NC(=O)c1c(F)cccc1F)Nc1cc(Cl)c(OCF)c(Cl)c1. The van der Waals surface area contributed by atoms with Crippen LogP contribution in [0.25, 0.3) is 0 Å². The number of alkyl halides is 4. The van der Waals surface area contributed by atoms with Crippen LogP contribution in [-0.4, -0.2) is 25.5 Å². The van der Waals surface area contributed by atoms with Gasteiger partial charge in [0.15, 0.2) is 5.75 Å².